The van der Waals surface area contributed by atoms with Gasteiger partial charge >= 0.3 is 0 Å². The first-order valence-corrected chi connectivity index (χ1v) is 7.41. The normalized spacial score (nSPS) is 23.9. The van der Waals surface area contributed by atoms with Crippen LogP contribution in [0.15, 0.2) is 24.3 Å². The predicted molar refractivity (Wildman–Crippen MR) is 79.5 cm³/mol. The Kier molecular flexibility index (Phi) is 3.31. The van der Waals surface area contributed by atoms with Crippen molar-refractivity contribution in [2.24, 2.45) is 0 Å². The Labute approximate surface area is 115 Å². The van der Waals surface area contributed by atoms with Gasteiger partial charge in [-0.25, -0.2) is 4.98 Å². The minimum absolute atomic E-state index is 0.173. The maximum absolute atomic E-state index is 4.95. The summed E-state index contributed by atoms with van der Waals surface area (Å²) in [6.07, 6.45) is 3.62. The highest BCUT2D eigenvalue weighted by molar-refractivity contribution is 5.76. The summed E-state index contributed by atoms with van der Waals surface area (Å²) in [5, 5.41) is 3.53. The molecule has 0 radical (unpaired) electrons. The number of aromatic nitrogens is 2. The molecule has 0 saturated carbocycles. The second kappa shape index (κ2) is 4.97. The molecule has 1 atom stereocenters. The molecule has 2 heterocycles. The molecule has 3 nitrogen and oxygen atoms in total. The molecule has 102 valence electrons. The van der Waals surface area contributed by atoms with Crippen molar-refractivity contribution in [1.82, 2.24) is 14.9 Å². The molecule has 1 saturated heterocycles. The number of benzene rings is 1. The van der Waals surface area contributed by atoms with E-state index in [1.807, 2.05) is 0 Å². The van der Waals surface area contributed by atoms with Crippen LogP contribution in [0.25, 0.3) is 11.0 Å². The van der Waals surface area contributed by atoms with Crippen LogP contribution in [0.5, 0.6) is 0 Å². The highest BCUT2D eigenvalue weighted by Gasteiger charge is 2.33. The van der Waals surface area contributed by atoms with Crippen LogP contribution in [0.3, 0.4) is 0 Å². The number of rotatable bonds is 3. The zero-order valence-electron chi connectivity index (χ0n) is 11.9. The monoisotopic (exact) mass is 257 g/mol. The van der Waals surface area contributed by atoms with E-state index in [0.717, 1.165) is 31.6 Å². The zero-order valence-corrected chi connectivity index (χ0v) is 11.9. The fourth-order valence-corrected chi connectivity index (χ4v) is 3.23. The number of para-hydroxylation sites is 2. The largest absolute Gasteiger partial charge is 0.327 e. The molecule has 1 unspecified atom stereocenters. The molecule has 3 heteroatoms. The Bertz CT molecular complexity index is 564. The number of aryl methyl sites for hydroxylation is 1. The Morgan fingerprint density at radius 2 is 2.21 bits per heavy atom. The summed E-state index contributed by atoms with van der Waals surface area (Å²) in [6, 6.07) is 8.52. The number of nitrogens with zero attached hydrogens (tertiary/aromatic N) is 2. The molecule has 1 aliphatic rings. The van der Waals surface area contributed by atoms with E-state index in [1.54, 1.807) is 0 Å². The number of hydrogen-bond acceptors (Lipinski definition) is 2. The van der Waals surface area contributed by atoms with Gasteiger partial charge in [-0.3, -0.25) is 0 Å². The molecule has 2 aromatic rings. The third kappa shape index (κ3) is 2.16. The topological polar surface area (TPSA) is 29.9 Å². The Morgan fingerprint density at radius 1 is 1.37 bits per heavy atom. The van der Waals surface area contributed by atoms with Gasteiger partial charge in [-0.1, -0.05) is 26.0 Å². The molecule has 1 N–H and O–H groups in total. The Morgan fingerprint density at radius 3 is 2.95 bits per heavy atom. The number of hydrogen-bond donors (Lipinski definition) is 1. The van der Waals surface area contributed by atoms with E-state index in [4.69, 9.17) is 4.98 Å². The first-order chi connectivity index (χ1) is 9.24. The third-order valence-electron chi connectivity index (χ3n) is 4.24. The standard InChI is InChI=1S/C16H23N3/c1-3-11-19-14-8-5-4-7-13(14)18-15(19)16(2)9-6-10-17-12-16/h4-5,7-8,17H,3,6,9-12H2,1-2H3. The second-order valence-corrected chi connectivity index (χ2v) is 5.92. The van der Waals surface area contributed by atoms with Crippen LogP contribution in [0, 0.1) is 0 Å². The molecule has 0 spiro atoms. The summed E-state index contributed by atoms with van der Waals surface area (Å²) in [4.78, 5) is 4.95. The van der Waals surface area contributed by atoms with Gasteiger partial charge in [0.25, 0.3) is 0 Å². The molecule has 0 bridgehead atoms. The quantitative estimate of drug-likeness (QED) is 0.915. The van der Waals surface area contributed by atoms with E-state index in [-0.39, 0.29) is 5.41 Å². The average Bonchev–Trinajstić information content (AvgIpc) is 2.80. The molecule has 1 aliphatic heterocycles. The van der Waals surface area contributed by atoms with Gasteiger partial charge in [-0.05, 0) is 37.9 Å². The molecular formula is C16H23N3. The van der Waals surface area contributed by atoms with Crippen LogP contribution >= 0.6 is 0 Å². The van der Waals surface area contributed by atoms with Crippen molar-refractivity contribution >= 4 is 11.0 Å². The Balaban J connectivity index is 2.13. The minimum Gasteiger partial charge on any atom is -0.327 e. The van der Waals surface area contributed by atoms with Gasteiger partial charge in [0, 0.05) is 18.5 Å². The van der Waals surface area contributed by atoms with Crippen LogP contribution in [0.2, 0.25) is 0 Å². The lowest BCUT2D eigenvalue weighted by molar-refractivity contribution is 0.314. The van der Waals surface area contributed by atoms with Crippen molar-refractivity contribution in [3.63, 3.8) is 0 Å². The average molecular weight is 257 g/mol. The summed E-state index contributed by atoms with van der Waals surface area (Å²) in [6.45, 7) is 7.83. The van der Waals surface area contributed by atoms with Gasteiger partial charge in [-0.15, -0.1) is 0 Å². The van der Waals surface area contributed by atoms with Gasteiger partial charge in [-0.2, -0.15) is 0 Å². The zero-order chi connectivity index (χ0) is 13.3. The van der Waals surface area contributed by atoms with E-state index in [1.165, 1.54) is 24.2 Å². The first kappa shape index (κ1) is 12.7. The van der Waals surface area contributed by atoms with Crippen LogP contribution in [-0.2, 0) is 12.0 Å². The Hall–Kier alpha value is -1.35. The maximum atomic E-state index is 4.95. The van der Waals surface area contributed by atoms with Gasteiger partial charge in [0.05, 0.1) is 11.0 Å². The van der Waals surface area contributed by atoms with Crippen molar-refractivity contribution in [2.75, 3.05) is 13.1 Å². The molecule has 1 fully saturated rings. The SMILES string of the molecule is CCCn1c(C2(C)CCCNC2)nc2ccccc21. The van der Waals surface area contributed by atoms with Crippen molar-refractivity contribution in [2.45, 2.75) is 45.1 Å². The van der Waals surface area contributed by atoms with E-state index in [0.29, 0.717) is 0 Å². The number of fused-ring (bicyclic) bond motifs is 1. The molecule has 19 heavy (non-hydrogen) atoms. The van der Waals surface area contributed by atoms with Crippen molar-refractivity contribution in [1.29, 1.82) is 0 Å². The van der Waals surface area contributed by atoms with E-state index < -0.39 is 0 Å². The van der Waals surface area contributed by atoms with E-state index in [2.05, 4.69) is 48.0 Å². The van der Waals surface area contributed by atoms with Crippen LogP contribution in [-0.4, -0.2) is 22.6 Å². The summed E-state index contributed by atoms with van der Waals surface area (Å²) in [5.74, 6) is 1.27. The maximum Gasteiger partial charge on any atom is 0.117 e. The number of piperidine rings is 1. The fraction of sp³-hybridized carbons (Fsp3) is 0.562. The molecule has 1 aromatic carbocycles. The fourth-order valence-electron chi connectivity index (χ4n) is 3.23. The van der Waals surface area contributed by atoms with Gasteiger partial charge in [0.15, 0.2) is 0 Å². The molecule has 0 aliphatic carbocycles. The predicted octanol–water partition coefficient (Wildman–Crippen LogP) is 3.09. The van der Waals surface area contributed by atoms with Crippen molar-refractivity contribution < 1.29 is 0 Å². The highest BCUT2D eigenvalue weighted by Crippen LogP contribution is 2.32. The van der Waals surface area contributed by atoms with Gasteiger partial charge < -0.3 is 9.88 Å². The van der Waals surface area contributed by atoms with Crippen LogP contribution in [0.1, 0.15) is 38.9 Å². The lowest BCUT2D eigenvalue weighted by atomic mass is 9.82. The van der Waals surface area contributed by atoms with Crippen LogP contribution < -0.4 is 5.32 Å². The highest BCUT2D eigenvalue weighted by atomic mass is 15.1. The number of nitrogens with one attached hydrogen (secondary N) is 1. The van der Waals surface area contributed by atoms with Gasteiger partial charge in [0.1, 0.15) is 5.82 Å². The van der Waals surface area contributed by atoms with Gasteiger partial charge in [0.2, 0.25) is 0 Å². The second-order valence-electron chi connectivity index (χ2n) is 5.92. The third-order valence-corrected chi connectivity index (χ3v) is 4.24. The van der Waals surface area contributed by atoms with Crippen molar-refractivity contribution in [3.05, 3.63) is 30.1 Å². The van der Waals surface area contributed by atoms with Crippen molar-refractivity contribution in [3.8, 4) is 0 Å². The van der Waals surface area contributed by atoms with E-state index >= 15 is 0 Å². The number of imidazole rings is 1. The molecule has 0 amide bonds. The minimum atomic E-state index is 0.173. The van der Waals surface area contributed by atoms with E-state index in [9.17, 15) is 0 Å². The summed E-state index contributed by atoms with van der Waals surface area (Å²) >= 11 is 0. The lowest BCUT2D eigenvalue weighted by Crippen LogP contribution is -2.42. The van der Waals surface area contributed by atoms with Crippen LogP contribution in [0.4, 0.5) is 0 Å². The summed E-state index contributed by atoms with van der Waals surface area (Å²) < 4.78 is 2.43. The molecule has 3 rings (SSSR count). The summed E-state index contributed by atoms with van der Waals surface area (Å²) in [5.41, 5.74) is 2.59. The smallest absolute Gasteiger partial charge is 0.117 e. The summed E-state index contributed by atoms with van der Waals surface area (Å²) in [7, 11) is 0. The molecule has 1 aromatic heterocycles. The lowest BCUT2D eigenvalue weighted by Gasteiger charge is -2.34. The molecular weight excluding hydrogens is 234 g/mol. The first-order valence-electron chi connectivity index (χ1n) is 7.41.